The lowest BCUT2D eigenvalue weighted by atomic mass is 10.1. The third kappa shape index (κ3) is 4.53. The Hall–Kier alpha value is -4.25. The number of aromatic nitrogens is 4. The van der Waals surface area contributed by atoms with Crippen LogP contribution < -0.4 is 15.4 Å². The van der Waals surface area contributed by atoms with Crippen molar-refractivity contribution in [2.45, 2.75) is 18.9 Å². The summed E-state index contributed by atoms with van der Waals surface area (Å²) in [7, 11) is 7.19. The van der Waals surface area contributed by atoms with Crippen LogP contribution in [0.25, 0.3) is 33.7 Å². The smallest absolute Gasteiger partial charge is 0.295 e. The largest absolute Gasteiger partial charge is 0.494 e. The average molecular weight is 503 g/mol. The minimum Gasteiger partial charge on any atom is -0.494 e. The molecule has 37 heavy (non-hydrogen) atoms. The number of fused-ring (bicyclic) bond motifs is 1. The molecule has 2 aromatic carbocycles. The van der Waals surface area contributed by atoms with E-state index in [1.807, 2.05) is 42.1 Å². The van der Waals surface area contributed by atoms with E-state index in [9.17, 15) is 10.1 Å². The van der Waals surface area contributed by atoms with E-state index in [-0.39, 0.29) is 17.2 Å². The number of hydrogen-bond donors (Lipinski definition) is 1. The maximum absolute atomic E-state index is 12.1. The minimum atomic E-state index is -0.435. The van der Waals surface area contributed by atoms with Crippen molar-refractivity contribution in [2.24, 2.45) is 0 Å². The van der Waals surface area contributed by atoms with Crippen LogP contribution in [0.2, 0.25) is 0 Å². The second kappa shape index (κ2) is 9.66. The number of nitrogen functional groups attached to an aromatic ring is 1. The highest BCUT2D eigenvalue weighted by atomic mass is 16.6. The molecule has 5 rings (SSSR count). The topological polar surface area (TPSA) is 128 Å². The van der Waals surface area contributed by atoms with Gasteiger partial charge >= 0.3 is 0 Å². The van der Waals surface area contributed by atoms with Crippen LogP contribution in [0.4, 0.5) is 17.1 Å². The molecular weight excluding hydrogens is 472 g/mol. The molecule has 4 aromatic rings. The summed E-state index contributed by atoms with van der Waals surface area (Å²) in [5.74, 6) is 0.573. The van der Waals surface area contributed by atoms with Crippen molar-refractivity contribution in [3.63, 3.8) is 0 Å². The summed E-state index contributed by atoms with van der Waals surface area (Å²) in [6.45, 7) is 1.22. The molecule has 2 aromatic heterocycles. The van der Waals surface area contributed by atoms with Gasteiger partial charge in [0.15, 0.2) is 11.6 Å². The van der Waals surface area contributed by atoms with Crippen molar-refractivity contribution in [1.82, 2.24) is 24.6 Å². The first-order valence-electron chi connectivity index (χ1n) is 12.1. The molecule has 0 amide bonds. The number of nitrogens with zero attached hydrogens (tertiary/aromatic N) is 7. The standard InChI is InChI=1S/C26H30N8O3/c1-31(2)13-14-32(3)24-21(34(35)36)15-18(27)25(37-4)22(24)26-28-12-11-19(29-26)23-17-7-5-6-8-20(17)33(30-23)16-9-10-16/h5-8,11-12,15-16H,9-10,13-14,27H2,1-4H3. The summed E-state index contributed by atoms with van der Waals surface area (Å²) in [6.07, 6.45) is 3.85. The number of nitro benzene ring substituents is 1. The van der Waals surface area contributed by atoms with Gasteiger partial charge in [0, 0.05) is 37.8 Å². The SMILES string of the molecule is COc1c(N)cc([N+](=O)[O-])c(N(C)CCN(C)C)c1-c1nccc(-c2nn(C3CC3)c3ccccc23)n1. The Morgan fingerprint density at radius 3 is 2.62 bits per heavy atom. The first-order chi connectivity index (χ1) is 17.8. The summed E-state index contributed by atoms with van der Waals surface area (Å²) >= 11 is 0. The van der Waals surface area contributed by atoms with Crippen molar-refractivity contribution in [3.05, 3.63) is 52.7 Å². The van der Waals surface area contributed by atoms with E-state index in [1.165, 1.54) is 13.2 Å². The van der Waals surface area contributed by atoms with Gasteiger partial charge in [-0.05, 0) is 39.1 Å². The van der Waals surface area contributed by atoms with Crippen LogP contribution in [0.3, 0.4) is 0 Å². The molecule has 0 radical (unpaired) electrons. The molecule has 2 N–H and O–H groups in total. The van der Waals surface area contributed by atoms with E-state index < -0.39 is 4.92 Å². The number of methoxy groups -OCH3 is 1. The monoisotopic (exact) mass is 502 g/mol. The Kier molecular flexibility index (Phi) is 6.38. The molecule has 2 heterocycles. The number of rotatable bonds is 9. The zero-order chi connectivity index (χ0) is 26.3. The van der Waals surface area contributed by atoms with Crippen LogP contribution in [0.5, 0.6) is 5.75 Å². The van der Waals surface area contributed by atoms with Crippen molar-refractivity contribution in [2.75, 3.05) is 52.0 Å². The fraction of sp³-hybridized carbons (Fsp3) is 0.346. The van der Waals surface area contributed by atoms with Crippen molar-refractivity contribution in [3.8, 4) is 28.5 Å². The number of likely N-dealkylation sites (N-methyl/N-ethyl adjacent to an activating group) is 2. The summed E-state index contributed by atoms with van der Waals surface area (Å²) in [6, 6.07) is 11.6. The van der Waals surface area contributed by atoms with Crippen LogP contribution in [0.15, 0.2) is 42.6 Å². The van der Waals surface area contributed by atoms with Gasteiger partial charge in [-0.15, -0.1) is 0 Å². The maximum atomic E-state index is 12.1. The Labute approximate surface area is 214 Å². The molecule has 1 aliphatic rings. The van der Waals surface area contributed by atoms with Gasteiger partial charge in [0.1, 0.15) is 11.4 Å². The second-order valence-corrected chi connectivity index (χ2v) is 9.53. The minimum absolute atomic E-state index is 0.132. The van der Waals surface area contributed by atoms with E-state index in [2.05, 4.69) is 15.7 Å². The molecule has 11 nitrogen and oxygen atoms in total. The number of ether oxygens (including phenoxy) is 1. The Bertz CT molecular complexity index is 1480. The van der Waals surface area contributed by atoms with Crippen LogP contribution in [-0.4, -0.2) is 70.9 Å². The van der Waals surface area contributed by atoms with Crippen LogP contribution in [0, 0.1) is 10.1 Å². The van der Waals surface area contributed by atoms with E-state index in [0.29, 0.717) is 41.8 Å². The van der Waals surface area contributed by atoms with E-state index in [0.717, 1.165) is 29.4 Å². The van der Waals surface area contributed by atoms with E-state index in [4.69, 9.17) is 20.6 Å². The molecule has 1 saturated carbocycles. The van der Waals surface area contributed by atoms with Gasteiger partial charge in [-0.1, -0.05) is 18.2 Å². The lowest BCUT2D eigenvalue weighted by molar-refractivity contribution is -0.384. The maximum Gasteiger partial charge on any atom is 0.295 e. The lowest BCUT2D eigenvalue weighted by Crippen LogP contribution is -2.29. The van der Waals surface area contributed by atoms with Gasteiger partial charge in [-0.25, -0.2) is 9.97 Å². The summed E-state index contributed by atoms with van der Waals surface area (Å²) in [4.78, 5) is 24.9. The van der Waals surface area contributed by atoms with Crippen molar-refractivity contribution >= 4 is 28.0 Å². The van der Waals surface area contributed by atoms with Crippen LogP contribution >= 0.6 is 0 Å². The average Bonchev–Trinajstić information content (AvgIpc) is 3.66. The van der Waals surface area contributed by atoms with Crippen LogP contribution in [0.1, 0.15) is 18.9 Å². The summed E-state index contributed by atoms with van der Waals surface area (Å²) < 4.78 is 7.73. The van der Waals surface area contributed by atoms with E-state index in [1.54, 1.807) is 19.3 Å². The predicted octanol–water partition coefficient (Wildman–Crippen LogP) is 3.99. The quantitative estimate of drug-likeness (QED) is 0.205. The Morgan fingerprint density at radius 1 is 1.19 bits per heavy atom. The summed E-state index contributed by atoms with van der Waals surface area (Å²) in [5, 5.41) is 18.0. The third-order valence-corrected chi connectivity index (χ3v) is 6.55. The number of benzene rings is 2. The van der Waals surface area contributed by atoms with Crippen LogP contribution in [-0.2, 0) is 0 Å². The van der Waals surface area contributed by atoms with Gasteiger partial charge in [-0.3, -0.25) is 14.8 Å². The highest BCUT2D eigenvalue weighted by Gasteiger charge is 2.31. The van der Waals surface area contributed by atoms with E-state index >= 15 is 0 Å². The lowest BCUT2D eigenvalue weighted by Gasteiger charge is -2.25. The number of nitrogens with two attached hydrogens (primary N) is 1. The van der Waals surface area contributed by atoms with Gasteiger partial charge in [0.2, 0.25) is 0 Å². The Morgan fingerprint density at radius 2 is 1.95 bits per heavy atom. The number of nitro groups is 1. The molecular formula is C26H30N8O3. The zero-order valence-electron chi connectivity index (χ0n) is 21.4. The molecule has 192 valence electrons. The van der Waals surface area contributed by atoms with Gasteiger partial charge in [0.05, 0.1) is 40.5 Å². The first-order valence-corrected chi connectivity index (χ1v) is 12.1. The first kappa shape index (κ1) is 24.4. The Balaban J connectivity index is 1.71. The summed E-state index contributed by atoms with van der Waals surface area (Å²) in [5.41, 5.74) is 9.40. The zero-order valence-corrected chi connectivity index (χ0v) is 21.4. The molecule has 11 heteroatoms. The number of hydrogen-bond acceptors (Lipinski definition) is 9. The molecule has 0 atom stereocenters. The molecule has 0 bridgehead atoms. The predicted molar refractivity (Wildman–Crippen MR) is 144 cm³/mol. The van der Waals surface area contributed by atoms with Gasteiger partial charge in [-0.2, -0.15) is 5.10 Å². The van der Waals surface area contributed by atoms with Crippen molar-refractivity contribution in [1.29, 1.82) is 0 Å². The van der Waals surface area contributed by atoms with Gasteiger partial charge in [0.25, 0.3) is 5.69 Å². The fourth-order valence-corrected chi connectivity index (χ4v) is 4.56. The molecule has 1 fully saturated rings. The molecule has 1 aliphatic carbocycles. The normalized spacial score (nSPS) is 13.3. The molecule has 0 spiro atoms. The molecule has 0 unspecified atom stereocenters. The molecule has 0 aliphatic heterocycles. The highest BCUT2D eigenvalue weighted by molar-refractivity contribution is 5.94. The fourth-order valence-electron chi connectivity index (χ4n) is 4.56. The number of para-hydroxylation sites is 1. The molecule has 0 saturated heterocycles. The second-order valence-electron chi connectivity index (χ2n) is 9.53. The number of anilines is 2. The van der Waals surface area contributed by atoms with Crippen molar-refractivity contribution < 1.29 is 9.66 Å². The highest BCUT2D eigenvalue weighted by Crippen LogP contribution is 2.47. The van der Waals surface area contributed by atoms with Gasteiger partial charge < -0.3 is 20.3 Å². The third-order valence-electron chi connectivity index (χ3n) is 6.55.